The molecular weight excluding hydrogens is 426 g/mol. The SMILES string of the molecule is CCOC(=O)Oc1ccc(NC(=O)Nc2ccc(-c3nc4ccc(C)cc4s3)cc2)cc1. The van der Waals surface area contributed by atoms with Crippen molar-refractivity contribution in [1.29, 1.82) is 0 Å². The molecule has 0 atom stereocenters. The molecule has 1 heterocycles. The van der Waals surface area contributed by atoms with Gasteiger partial charge in [0, 0.05) is 16.9 Å². The second-order valence-corrected chi connectivity index (χ2v) is 7.99. The minimum absolute atomic E-state index is 0.236. The zero-order valence-electron chi connectivity index (χ0n) is 17.5. The van der Waals surface area contributed by atoms with Gasteiger partial charge in [-0.1, -0.05) is 6.07 Å². The molecule has 0 radical (unpaired) electrons. The number of hydrogen-bond acceptors (Lipinski definition) is 6. The van der Waals surface area contributed by atoms with Crippen LogP contribution < -0.4 is 15.4 Å². The van der Waals surface area contributed by atoms with E-state index in [2.05, 4.69) is 34.7 Å². The van der Waals surface area contributed by atoms with E-state index in [0.29, 0.717) is 17.1 Å². The van der Waals surface area contributed by atoms with Gasteiger partial charge in [-0.3, -0.25) is 0 Å². The summed E-state index contributed by atoms with van der Waals surface area (Å²) in [5, 5.41) is 6.46. The van der Waals surface area contributed by atoms with E-state index in [1.54, 1.807) is 42.5 Å². The van der Waals surface area contributed by atoms with Crippen molar-refractivity contribution >= 4 is 45.1 Å². The Morgan fingerprint density at radius 2 is 1.59 bits per heavy atom. The number of ether oxygens (including phenoxy) is 2. The molecule has 0 spiro atoms. The number of nitrogens with one attached hydrogen (secondary N) is 2. The third-order valence-corrected chi connectivity index (χ3v) is 5.58. The van der Waals surface area contributed by atoms with E-state index in [1.807, 2.05) is 30.3 Å². The highest BCUT2D eigenvalue weighted by Gasteiger charge is 2.09. The van der Waals surface area contributed by atoms with Crippen LogP contribution >= 0.6 is 11.3 Å². The summed E-state index contributed by atoms with van der Waals surface area (Å²) in [5.41, 5.74) is 4.40. The van der Waals surface area contributed by atoms with Crippen molar-refractivity contribution < 1.29 is 19.1 Å². The molecular formula is C24H21N3O4S. The van der Waals surface area contributed by atoms with E-state index in [-0.39, 0.29) is 12.6 Å². The first-order chi connectivity index (χ1) is 15.5. The minimum atomic E-state index is -0.768. The van der Waals surface area contributed by atoms with E-state index < -0.39 is 6.16 Å². The predicted molar refractivity (Wildman–Crippen MR) is 127 cm³/mol. The van der Waals surface area contributed by atoms with Gasteiger partial charge in [-0.05, 0) is 80.1 Å². The molecule has 0 aliphatic heterocycles. The van der Waals surface area contributed by atoms with Crippen LogP contribution in [0.3, 0.4) is 0 Å². The molecule has 4 rings (SSSR count). The topological polar surface area (TPSA) is 89.5 Å². The molecule has 0 saturated heterocycles. The van der Waals surface area contributed by atoms with Crippen molar-refractivity contribution in [3.8, 4) is 16.3 Å². The standard InChI is InChI=1S/C24H21N3O4S/c1-3-30-24(29)31-19-11-9-18(10-12-19)26-23(28)25-17-7-5-16(6-8-17)22-27-20-13-4-15(2)14-21(20)32-22/h4-14H,3H2,1-2H3,(H2,25,26,28). The summed E-state index contributed by atoms with van der Waals surface area (Å²) in [6.07, 6.45) is -0.768. The number of thiazole rings is 1. The fourth-order valence-corrected chi connectivity index (χ4v) is 4.06. The molecule has 8 heteroatoms. The van der Waals surface area contributed by atoms with Crippen LogP contribution in [0.5, 0.6) is 5.75 Å². The molecule has 0 bridgehead atoms. The zero-order valence-corrected chi connectivity index (χ0v) is 18.4. The number of rotatable bonds is 5. The molecule has 0 fully saturated rings. The lowest BCUT2D eigenvalue weighted by molar-refractivity contribution is 0.104. The van der Waals surface area contributed by atoms with E-state index >= 15 is 0 Å². The largest absolute Gasteiger partial charge is 0.513 e. The Hall–Kier alpha value is -3.91. The highest BCUT2D eigenvalue weighted by atomic mass is 32.1. The molecule has 0 aliphatic rings. The number of amides is 2. The molecule has 2 amide bonds. The van der Waals surface area contributed by atoms with Crippen molar-refractivity contribution in [1.82, 2.24) is 4.98 Å². The van der Waals surface area contributed by atoms with Gasteiger partial charge in [0.2, 0.25) is 0 Å². The van der Waals surface area contributed by atoms with Crippen LogP contribution in [0.15, 0.2) is 66.7 Å². The number of anilines is 2. The average Bonchev–Trinajstić information content (AvgIpc) is 3.19. The number of aryl methyl sites for hydroxylation is 1. The van der Waals surface area contributed by atoms with E-state index in [4.69, 9.17) is 9.47 Å². The van der Waals surface area contributed by atoms with Gasteiger partial charge < -0.3 is 20.1 Å². The van der Waals surface area contributed by atoms with Crippen molar-refractivity contribution in [2.45, 2.75) is 13.8 Å². The van der Waals surface area contributed by atoms with Crippen LogP contribution in [0, 0.1) is 6.92 Å². The van der Waals surface area contributed by atoms with Gasteiger partial charge in [-0.25, -0.2) is 14.6 Å². The summed E-state index contributed by atoms with van der Waals surface area (Å²) in [5.74, 6) is 0.329. The second kappa shape index (κ2) is 9.49. The Labute approximate surface area is 189 Å². The Balaban J connectivity index is 1.35. The summed E-state index contributed by atoms with van der Waals surface area (Å²) in [7, 11) is 0. The van der Waals surface area contributed by atoms with Crippen LogP contribution in [0.2, 0.25) is 0 Å². The smallest absolute Gasteiger partial charge is 0.434 e. The summed E-state index contributed by atoms with van der Waals surface area (Å²) in [4.78, 5) is 28.3. The van der Waals surface area contributed by atoms with Crippen LogP contribution in [0.1, 0.15) is 12.5 Å². The molecule has 0 aliphatic carbocycles. The average molecular weight is 448 g/mol. The first kappa shape index (κ1) is 21.3. The van der Waals surface area contributed by atoms with Gasteiger partial charge in [0.05, 0.1) is 16.8 Å². The maximum absolute atomic E-state index is 12.3. The maximum atomic E-state index is 12.3. The molecule has 3 aromatic carbocycles. The summed E-state index contributed by atoms with van der Waals surface area (Å²) in [6.45, 7) is 4.00. The fraction of sp³-hybridized carbons (Fsp3) is 0.125. The number of nitrogens with zero attached hydrogens (tertiary/aromatic N) is 1. The lowest BCUT2D eigenvalue weighted by Gasteiger charge is -2.09. The molecule has 0 saturated carbocycles. The summed E-state index contributed by atoms with van der Waals surface area (Å²) in [6, 6.07) is 19.8. The van der Waals surface area contributed by atoms with Crippen LogP contribution in [0.4, 0.5) is 21.0 Å². The van der Waals surface area contributed by atoms with Crippen molar-refractivity contribution in [2.24, 2.45) is 0 Å². The van der Waals surface area contributed by atoms with Crippen LogP contribution in [-0.4, -0.2) is 23.8 Å². The number of fused-ring (bicyclic) bond motifs is 1. The predicted octanol–water partition coefficient (Wildman–Crippen LogP) is 6.45. The second-order valence-electron chi connectivity index (χ2n) is 6.96. The molecule has 162 valence electrons. The lowest BCUT2D eigenvalue weighted by Crippen LogP contribution is -2.19. The Morgan fingerprint density at radius 3 is 2.25 bits per heavy atom. The van der Waals surface area contributed by atoms with E-state index in [0.717, 1.165) is 20.8 Å². The van der Waals surface area contributed by atoms with Crippen molar-refractivity contribution in [3.05, 3.63) is 72.3 Å². The third kappa shape index (κ3) is 5.22. The number of aromatic nitrogens is 1. The highest BCUT2D eigenvalue weighted by molar-refractivity contribution is 7.21. The number of carbonyl (C=O) groups excluding carboxylic acids is 2. The Bertz CT molecular complexity index is 1250. The normalized spacial score (nSPS) is 10.6. The van der Waals surface area contributed by atoms with E-state index in [1.165, 1.54) is 5.56 Å². The molecule has 32 heavy (non-hydrogen) atoms. The van der Waals surface area contributed by atoms with Crippen molar-refractivity contribution in [3.63, 3.8) is 0 Å². The van der Waals surface area contributed by atoms with E-state index in [9.17, 15) is 9.59 Å². The quantitative estimate of drug-likeness (QED) is 0.271. The fourth-order valence-electron chi connectivity index (χ4n) is 2.99. The van der Waals surface area contributed by atoms with Crippen molar-refractivity contribution in [2.75, 3.05) is 17.2 Å². The summed E-state index contributed by atoms with van der Waals surface area (Å²) < 4.78 is 10.9. The maximum Gasteiger partial charge on any atom is 0.513 e. The zero-order chi connectivity index (χ0) is 22.5. The van der Waals surface area contributed by atoms with Crippen LogP contribution in [0.25, 0.3) is 20.8 Å². The number of benzene rings is 3. The Morgan fingerprint density at radius 1 is 0.938 bits per heavy atom. The molecule has 7 nitrogen and oxygen atoms in total. The first-order valence-electron chi connectivity index (χ1n) is 10.0. The number of hydrogen-bond donors (Lipinski definition) is 2. The monoisotopic (exact) mass is 447 g/mol. The molecule has 0 unspecified atom stereocenters. The van der Waals surface area contributed by atoms with Gasteiger partial charge in [-0.2, -0.15) is 0 Å². The lowest BCUT2D eigenvalue weighted by atomic mass is 10.2. The molecule has 4 aromatic rings. The Kier molecular flexibility index (Phi) is 6.32. The van der Waals surface area contributed by atoms with Gasteiger partial charge in [0.15, 0.2) is 0 Å². The number of urea groups is 1. The minimum Gasteiger partial charge on any atom is -0.434 e. The van der Waals surface area contributed by atoms with Crippen LogP contribution in [-0.2, 0) is 4.74 Å². The van der Waals surface area contributed by atoms with Gasteiger partial charge in [0.25, 0.3) is 0 Å². The number of carbonyl (C=O) groups is 2. The molecule has 1 aromatic heterocycles. The first-order valence-corrected chi connectivity index (χ1v) is 10.8. The highest BCUT2D eigenvalue weighted by Crippen LogP contribution is 2.31. The molecule has 2 N–H and O–H groups in total. The summed E-state index contributed by atoms with van der Waals surface area (Å²) >= 11 is 1.64. The van der Waals surface area contributed by atoms with Gasteiger partial charge in [0.1, 0.15) is 10.8 Å². The van der Waals surface area contributed by atoms with Gasteiger partial charge >= 0.3 is 12.2 Å². The third-order valence-electron chi connectivity index (χ3n) is 4.51. The van der Waals surface area contributed by atoms with Gasteiger partial charge in [-0.15, -0.1) is 11.3 Å².